The summed E-state index contributed by atoms with van der Waals surface area (Å²) in [5.41, 5.74) is 0.0874. The number of halogens is 1. The summed E-state index contributed by atoms with van der Waals surface area (Å²) in [5, 5.41) is 2.37. The Balaban J connectivity index is 1.72. The Labute approximate surface area is 117 Å². The maximum atomic E-state index is 13.3. The number of anilines is 1. The molecule has 108 valence electrons. The van der Waals surface area contributed by atoms with E-state index in [-0.39, 0.29) is 18.3 Å². The van der Waals surface area contributed by atoms with Gasteiger partial charge in [-0.25, -0.2) is 4.39 Å². The van der Waals surface area contributed by atoms with Gasteiger partial charge in [-0.05, 0) is 30.9 Å². The number of hydrogen-bond acceptors (Lipinski definition) is 3. The van der Waals surface area contributed by atoms with Crippen LogP contribution in [-0.2, 0) is 14.3 Å². The number of para-hydroxylation sites is 1. The van der Waals surface area contributed by atoms with Crippen LogP contribution in [0.5, 0.6) is 0 Å². The highest BCUT2D eigenvalue weighted by molar-refractivity contribution is 5.92. The zero-order valence-electron chi connectivity index (χ0n) is 11.2. The van der Waals surface area contributed by atoms with E-state index < -0.39 is 11.7 Å². The Morgan fingerprint density at radius 1 is 1.25 bits per heavy atom. The van der Waals surface area contributed by atoms with Gasteiger partial charge in [0, 0.05) is 6.42 Å². The Hall–Kier alpha value is -1.91. The van der Waals surface area contributed by atoms with E-state index in [4.69, 9.17) is 4.74 Å². The van der Waals surface area contributed by atoms with Crippen molar-refractivity contribution in [3.8, 4) is 0 Å². The quantitative estimate of drug-likeness (QED) is 0.843. The number of esters is 1. The van der Waals surface area contributed by atoms with E-state index in [9.17, 15) is 14.0 Å². The van der Waals surface area contributed by atoms with E-state index in [0.717, 1.165) is 25.7 Å². The van der Waals surface area contributed by atoms with Crippen molar-refractivity contribution < 1.29 is 18.7 Å². The number of carbonyl (C=O) groups is 2. The number of rotatable bonds is 5. The lowest BCUT2D eigenvalue weighted by Crippen LogP contribution is -2.22. The largest absolute Gasteiger partial charge is 0.456 e. The Kier molecular flexibility index (Phi) is 5.09. The molecule has 0 saturated heterocycles. The van der Waals surface area contributed by atoms with Gasteiger partial charge in [0.05, 0.1) is 5.69 Å². The molecular formula is C15H18FNO3. The normalized spacial score (nSPS) is 15.1. The minimum atomic E-state index is -0.533. The fraction of sp³-hybridized carbons (Fsp3) is 0.467. The van der Waals surface area contributed by atoms with E-state index >= 15 is 0 Å². The molecule has 0 radical (unpaired) electrons. The van der Waals surface area contributed by atoms with E-state index in [1.165, 1.54) is 18.2 Å². The van der Waals surface area contributed by atoms with Crippen LogP contribution >= 0.6 is 0 Å². The lowest BCUT2D eigenvalue weighted by Gasteiger charge is -2.09. The molecule has 0 aliphatic heterocycles. The zero-order chi connectivity index (χ0) is 14.4. The average molecular weight is 279 g/mol. The maximum Gasteiger partial charge on any atom is 0.306 e. The van der Waals surface area contributed by atoms with Gasteiger partial charge >= 0.3 is 5.97 Å². The molecule has 1 aromatic rings. The third-order valence-corrected chi connectivity index (χ3v) is 3.44. The molecule has 1 aromatic carbocycles. The molecule has 0 unspecified atom stereocenters. The van der Waals surface area contributed by atoms with Crippen LogP contribution in [0.4, 0.5) is 10.1 Å². The Bertz CT molecular complexity index is 484. The highest BCUT2D eigenvalue weighted by Gasteiger charge is 2.19. The standard InChI is InChI=1S/C15H18FNO3/c16-12-7-3-4-8-13(12)17-14(18)10-20-15(19)9-11-5-1-2-6-11/h3-4,7-8,11H,1-2,5-6,9-10H2,(H,17,18). The van der Waals surface area contributed by atoms with Crippen molar-refractivity contribution in [3.05, 3.63) is 30.1 Å². The van der Waals surface area contributed by atoms with Crippen molar-refractivity contribution in [1.82, 2.24) is 0 Å². The summed E-state index contributed by atoms with van der Waals surface area (Å²) in [6, 6.07) is 5.85. The van der Waals surface area contributed by atoms with Crippen molar-refractivity contribution in [3.63, 3.8) is 0 Å². The summed E-state index contributed by atoms with van der Waals surface area (Å²) in [7, 11) is 0. The van der Waals surface area contributed by atoms with Crippen LogP contribution in [0.2, 0.25) is 0 Å². The predicted molar refractivity (Wildman–Crippen MR) is 72.6 cm³/mol. The molecule has 1 amide bonds. The van der Waals surface area contributed by atoms with Crippen molar-refractivity contribution in [1.29, 1.82) is 0 Å². The van der Waals surface area contributed by atoms with Gasteiger partial charge in [-0.3, -0.25) is 9.59 Å². The number of hydrogen-bond donors (Lipinski definition) is 1. The molecule has 0 bridgehead atoms. The van der Waals surface area contributed by atoms with Gasteiger partial charge in [0.25, 0.3) is 5.91 Å². The molecule has 0 spiro atoms. The number of amides is 1. The van der Waals surface area contributed by atoms with E-state index in [0.29, 0.717) is 12.3 Å². The second-order valence-electron chi connectivity index (χ2n) is 5.04. The average Bonchev–Trinajstić information content (AvgIpc) is 2.92. The summed E-state index contributed by atoms with van der Waals surface area (Å²) in [5.74, 6) is -1.02. The smallest absolute Gasteiger partial charge is 0.306 e. The van der Waals surface area contributed by atoms with Crippen molar-refractivity contribution in [2.75, 3.05) is 11.9 Å². The molecule has 1 aliphatic carbocycles. The van der Waals surface area contributed by atoms with E-state index in [1.54, 1.807) is 6.07 Å². The second kappa shape index (κ2) is 7.03. The summed E-state index contributed by atoms with van der Waals surface area (Å²) in [6.07, 6.45) is 4.79. The van der Waals surface area contributed by atoms with Gasteiger partial charge in [-0.2, -0.15) is 0 Å². The molecule has 0 atom stereocenters. The highest BCUT2D eigenvalue weighted by Crippen LogP contribution is 2.27. The van der Waals surface area contributed by atoms with Crippen LogP contribution in [-0.4, -0.2) is 18.5 Å². The Morgan fingerprint density at radius 2 is 1.95 bits per heavy atom. The molecule has 2 rings (SSSR count). The monoisotopic (exact) mass is 279 g/mol. The molecule has 5 heteroatoms. The number of ether oxygens (including phenoxy) is 1. The van der Waals surface area contributed by atoms with Gasteiger partial charge in [-0.15, -0.1) is 0 Å². The van der Waals surface area contributed by atoms with Gasteiger partial charge in [0.1, 0.15) is 5.82 Å². The minimum absolute atomic E-state index is 0.0874. The van der Waals surface area contributed by atoms with E-state index in [1.807, 2.05) is 0 Å². The van der Waals surface area contributed by atoms with Gasteiger partial charge in [0.15, 0.2) is 6.61 Å². The lowest BCUT2D eigenvalue weighted by molar-refractivity contribution is -0.148. The second-order valence-corrected chi connectivity index (χ2v) is 5.04. The van der Waals surface area contributed by atoms with Crippen molar-refractivity contribution in [2.24, 2.45) is 5.92 Å². The van der Waals surface area contributed by atoms with E-state index in [2.05, 4.69) is 5.32 Å². The molecule has 1 aliphatic rings. The highest BCUT2D eigenvalue weighted by atomic mass is 19.1. The van der Waals surface area contributed by atoms with Crippen LogP contribution in [0, 0.1) is 11.7 Å². The molecule has 1 N–H and O–H groups in total. The zero-order valence-corrected chi connectivity index (χ0v) is 11.2. The third kappa shape index (κ3) is 4.33. The number of carbonyl (C=O) groups excluding carboxylic acids is 2. The SMILES string of the molecule is O=C(COC(=O)CC1CCCC1)Nc1ccccc1F. The molecule has 20 heavy (non-hydrogen) atoms. The van der Waals surface area contributed by atoms with Crippen LogP contribution in [0.15, 0.2) is 24.3 Å². The molecule has 0 aromatic heterocycles. The first-order chi connectivity index (χ1) is 9.65. The predicted octanol–water partition coefficient (Wildman–Crippen LogP) is 2.89. The van der Waals surface area contributed by atoms with Crippen LogP contribution in [0.1, 0.15) is 32.1 Å². The topological polar surface area (TPSA) is 55.4 Å². The lowest BCUT2D eigenvalue weighted by atomic mass is 10.1. The summed E-state index contributed by atoms with van der Waals surface area (Å²) in [4.78, 5) is 23.1. The summed E-state index contributed by atoms with van der Waals surface area (Å²) < 4.78 is 18.2. The van der Waals surface area contributed by atoms with Crippen molar-refractivity contribution >= 4 is 17.6 Å². The van der Waals surface area contributed by atoms with Crippen LogP contribution in [0.25, 0.3) is 0 Å². The molecule has 4 nitrogen and oxygen atoms in total. The molecular weight excluding hydrogens is 261 g/mol. The summed E-state index contributed by atoms with van der Waals surface area (Å²) >= 11 is 0. The fourth-order valence-corrected chi connectivity index (χ4v) is 2.40. The summed E-state index contributed by atoms with van der Waals surface area (Å²) in [6.45, 7) is -0.375. The Morgan fingerprint density at radius 3 is 2.65 bits per heavy atom. The van der Waals surface area contributed by atoms with Gasteiger partial charge < -0.3 is 10.1 Å². The fourth-order valence-electron chi connectivity index (χ4n) is 2.40. The third-order valence-electron chi connectivity index (χ3n) is 3.44. The van der Waals surface area contributed by atoms with Gasteiger partial charge in [-0.1, -0.05) is 25.0 Å². The van der Waals surface area contributed by atoms with Gasteiger partial charge in [0.2, 0.25) is 0 Å². The maximum absolute atomic E-state index is 13.3. The first-order valence-electron chi connectivity index (χ1n) is 6.85. The molecule has 1 saturated carbocycles. The first kappa shape index (κ1) is 14.5. The van der Waals surface area contributed by atoms with Crippen LogP contribution < -0.4 is 5.32 Å². The molecule has 0 heterocycles. The van der Waals surface area contributed by atoms with Crippen LogP contribution in [0.3, 0.4) is 0 Å². The van der Waals surface area contributed by atoms with Crippen molar-refractivity contribution in [2.45, 2.75) is 32.1 Å². The number of benzene rings is 1. The number of nitrogens with one attached hydrogen (secondary N) is 1. The molecule has 1 fully saturated rings. The minimum Gasteiger partial charge on any atom is -0.456 e. The first-order valence-corrected chi connectivity index (χ1v) is 6.85.